The molecule has 1 aromatic rings. The van der Waals surface area contributed by atoms with Crippen LogP contribution in [0.5, 0.6) is 0 Å². The zero-order valence-corrected chi connectivity index (χ0v) is 10.9. The van der Waals surface area contributed by atoms with Gasteiger partial charge in [-0.05, 0) is 36.9 Å². The lowest BCUT2D eigenvalue weighted by atomic mass is 9.90. The molecule has 2 heteroatoms. The Hall–Kier alpha value is -0.890. The van der Waals surface area contributed by atoms with Crippen molar-refractivity contribution < 1.29 is 0 Å². The van der Waals surface area contributed by atoms with E-state index in [9.17, 15) is 0 Å². The Bertz CT molecular complexity index is 280. The quantitative estimate of drug-likeness (QED) is 0.797. The predicted molar refractivity (Wildman–Crippen MR) is 69.4 cm³/mol. The molecule has 1 N–H and O–H groups in total. The van der Waals surface area contributed by atoms with Crippen LogP contribution in [-0.2, 0) is 6.42 Å². The fraction of sp³-hybridized carbons (Fsp3) is 0.643. The van der Waals surface area contributed by atoms with Crippen molar-refractivity contribution >= 4 is 0 Å². The number of aromatic nitrogens is 1. The van der Waals surface area contributed by atoms with Gasteiger partial charge in [0.25, 0.3) is 0 Å². The van der Waals surface area contributed by atoms with Crippen molar-refractivity contribution in [1.29, 1.82) is 0 Å². The molecule has 0 aliphatic carbocycles. The van der Waals surface area contributed by atoms with Gasteiger partial charge < -0.3 is 5.32 Å². The third-order valence-corrected chi connectivity index (χ3v) is 2.93. The minimum atomic E-state index is 0.560. The van der Waals surface area contributed by atoms with Crippen molar-refractivity contribution in [1.82, 2.24) is 10.3 Å². The van der Waals surface area contributed by atoms with Crippen LogP contribution < -0.4 is 5.32 Å². The van der Waals surface area contributed by atoms with Gasteiger partial charge in [0.15, 0.2) is 0 Å². The molecule has 0 saturated carbocycles. The summed E-state index contributed by atoms with van der Waals surface area (Å²) < 4.78 is 0. The molecule has 1 aromatic heterocycles. The normalized spacial score (nSPS) is 13.4. The van der Waals surface area contributed by atoms with Gasteiger partial charge in [0.05, 0.1) is 0 Å². The SMILES string of the molecule is CC(C)NCC(Cc1ccccn1)C(C)C. The van der Waals surface area contributed by atoms with Gasteiger partial charge >= 0.3 is 0 Å². The van der Waals surface area contributed by atoms with Gasteiger partial charge in [-0.25, -0.2) is 0 Å². The molecule has 1 heterocycles. The van der Waals surface area contributed by atoms with Crippen molar-refractivity contribution in [2.24, 2.45) is 11.8 Å². The van der Waals surface area contributed by atoms with E-state index < -0.39 is 0 Å². The third kappa shape index (κ3) is 4.75. The summed E-state index contributed by atoms with van der Waals surface area (Å²) in [7, 11) is 0. The average Bonchev–Trinajstić information content (AvgIpc) is 2.25. The molecule has 90 valence electrons. The van der Waals surface area contributed by atoms with Crippen LogP contribution in [0.15, 0.2) is 24.4 Å². The van der Waals surface area contributed by atoms with E-state index in [1.54, 1.807) is 0 Å². The van der Waals surface area contributed by atoms with E-state index in [-0.39, 0.29) is 0 Å². The van der Waals surface area contributed by atoms with E-state index in [4.69, 9.17) is 0 Å². The zero-order chi connectivity index (χ0) is 12.0. The minimum absolute atomic E-state index is 0.560. The fourth-order valence-corrected chi connectivity index (χ4v) is 1.72. The summed E-state index contributed by atoms with van der Waals surface area (Å²) in [6, 6.07) is 6.71. The Balaban J connectivity index is 2.51. The zero-order valence-electron chi connectivity index (χ0n) is 10.9. The van der Waals surface area contributed by atoms with Crippen LogP contribution in [0.25, 0.3) is 0 Å². The lowest BCUT2D eigenvalue weighted by Crippen LogP contribution is -2.32. The summed E-state index contributed by atoms with van der Waals surface area (Å²) in [6.07, 6.45) is 2.95. The molecule has 1 unspecified atom stereocenters. The number of rotatable bonds is 6. The number of pyridine rings is 1. The van der Waals surface area contributed by atoms with Crippen LogP contribution >= 0.6 is 0 Å². The molecule has 0 radical (unpaired) electrons. The molecule has 0 saturated heterocycles. The second-order valence-electron chi connectivity index (χ2n) is 5.09. The maximum absolute atomic E-state index is 4.40. The highest BCUT2D eigenvalue weighted by molar-refractivity contribution is 5.04. The second kappa shape index (κ2) is 6.64. The van der Waals surface area contributed by atoms with Gasteiger partial charge in [-0.15, -0.1) is 0 Å². The number of nitrogens with one attached hydrogen (secondary N) is 1. The van der Waals surface area contributed by atoms with Crippen molar-refractivity contribution in [3.63, 3.8) is 0 Å². The van der Waals surface area contributed by atoms with E-state index in [1.165, 1.54) is 5.69 Å². The highest BCUT2D eigenvalue weighted by atomic mass is 14.9. The number of hydrogen-bond acceptors (Lipinski definition) is 2. The van der Waals surface area contributed by atoms with Crippen LogP contribution in [0, 0.1) is 11.8 Å². The van der Waals surface area contributed by atoms with E-state index in [0.717, 1.165) is 13.0 Å². The molecule has 0 fully saturated rings. The van der Waals surface area contributed by atoms with Crippen LogP contribution in [0.2, 0.25) is 0 Å². The van der Waals surface area contributed by atoms with Gasteiger partial charge in [-0.1, -0.05) is 33.8 Å². The summed E-state index contributed by atoms with van der Waals surface area (Å²) in [5, 5.41) is 3.52. The summed E-state index contributed by atoms with van der Waals surface area (Å²) >= 11 is 0. The first kappa shape index (κ1) is 13.2. The molecule has 1 rings (SSSR count). The van der Waals surface area contributed by atoms with E-state index in [2.05, 4.69) is 50.1 Å². The maximum atomic E-state index is 4.40. The third-order valence-electron chi connectivity index (χ3n) is 2.93. The standard InChI is InChI=1S/C14H24N2/c1-11(2)13(10-16-12(3)4)9-14-7-5-6-8-15-14/h5-8,11-13,16H,9-10H2,1-4H3. The summed E-state index contributed by atoms with van der Waals surface area (Å²) in [6.45, 7) is 10.0. The largest absolute Gasteiger partial charge is 0.314 e. The number of nitrogens with zero attached hydrogens (tertiary/aromatic N) is 1. The topological polar surface area (TPSA) is 24.9 Å². The van der Waals surface area contributed by atoms with Crippen molar-refractivity contribution in [3.05, 3.63) is 30.1 Å². The van der Waals surface area contributed by atoms with Crippen molar-refractivity contribution in [3.8, 4) is 0 Å². The first-order valence-corrected chi connectivity index (χ1v) is 6.23. The Morgan fingerprint density at radius 3 is 2.44 bits per heavy atom. The molecule has 0 spiro atoms. The lowest BCUT2D eigenvalue weighted by molar-refractivity contribution is 0.346. The molecule has 0 aromatic carbocycles. The first-order chi connectivity index (χ1) is 7.59. The highest BCUT2D eigenvalue weighted by Gasteiger charge is 2.14. The Labute approximate surface area is 99.5 Å². The summed E-state index contributed by atoms with van der Waals surface area (Å²) in [4.78, 5) is 4.40. The van der Waals surface area contributed by atoms with Gasteiger partial charge in [0.2, 0.25) is 0 Å². The molecular formula is C14H24N2. The number of hydrogen-bond donors (Lipinski definition) is 1. The van der Waals surface area contributed by atoms with Crippen molar-refractivity contribution in [2.45, 2.75) is 40.2 Å². The van der Waals surface area contributed by atoms with Crippen LogP contribution in [0.1, 0.15) is 33.4 Å². The van der Waals surface area contributed by atoms with Crippen LogP contribution in [0.3, 0.4) is 0 Å². The molecule has 16 heavy (non-hydrogen) atoms. The predicted octanol–water partition coefficient (Wildman–Crippen LogP) is 2.89. The smallest absolute Gasteiger partial charge is 0.0406 e. The Kier molecular flexibility index (Phi) is 5.47. The Morgan fingerprint density at radius 2 is 1.94 bits per heavy atom. The van der Waals surface area contributed by atoms with E-state index in [1.807, 2.05) is 12.3 Å². The maximum Gasteiger partial charge on any atom is 0.0406 e. The van der Waals surface area contributed by atoms with Gasteiger partial charge in [-0.2, -0.15) is 0 Å². The average molecular weight is 220 g/mol. The highest BCUT2D eigenvalue weighted by Crippen LogP contribution is 2.15. The monoisotopic (exact) mass is 220 g/mol. The molecule has 2 nitrogen and oxygen atoms in total. The summed E-state index contributed by atoms with van der Waals surface area (Å²) in [5.74, 6) is 1.35. The van der Waals surface area contributed by atoms with Crippen molar-refractivity contribution in [2.75, 3.05) is 6.54 Å². The molecule has 1 atom stereocenters. The van der Waals surface area contributed by atoms with Gasteiger partial charge in [0.1, 0.15) is 0 Å². The second-order valence-corrected chi connectivity index (χ2v) is 5.09. The molecule has 0 aliphatic rings. The van der Waals surface area contributed by atoms with Gasteiger partial charge in [-0.3, -0.25) is 4.98 Å². The lowest BCUT2D eigenvalue weighted by Gasteiger charge is -2.22. The van der Waals surface area contributed by atoms with E-state index in [0.29, 0.717) is 17.9 Å². The minimum Gasteiger partial charge on any atom is -0.314 e. The first-order valence-electron chi connectivity index (χ1n) is 6.23. The molecule has 0 bridgehead atoms. The molecular weight excluding hydrogens is 196 g/mol. The van der Waals surface area contributed by atoms with Gasteiger partial charge in [0, 0.05) is 17.9 Å². The fourth-order valence-electron chi connectivity index (χ4n) is 1.72. The molecule has 0 amide bonds. The van der Waals surface area contributed by atoms with E-state index >= 15 is 0 Å². The molecule has 0 aliphatic heterocycles. The van der Waals surface area contributed by atoms with Crippen LogP contribution in [-0.4, -0.2) is 17.6 Å². The summed E-state index contributed by atoms with van der Waals surface area (Å²) in [5.41, 5.74) is 1.20. The van der Waals surface area contributed by atoms with Crippen LogP contribution in [0.4, 0.5) is 0 Å². The Morgan fingerprint density at radius 1 is 1.19 bits per heavy atom.